The van der Waals surface area contributed by atoms with Crippen LogP contribution in [0.5, 0.6) is 0 Å². The predicted octanol–water partition coefficient (Wildman–Crippen LogP) is 2.84. The molecule has 2 rings (SSSR count). The fraction of sp³-hybridized carbons (Fsp3) is 0.0909. The average molecular weight is 266 g/mol. The standard InChI is InChI=1S/C11H8BrNO2/c12-10-3-1-8(2-4-10)5-11-9(7-14)6-13-15-11/h1-4,6-7H,5H2. The Hall–Kier alpha value is -1.42. The number of carbonyl (C=O) groups excluding carboxylic acids is 1. The number of benzene rings is 1. The highest BCUT2D eigenvalue weighted by Gasteiger charge is 2.07. The molecule has 0 saturated carbocycles. The van der Waals surface area contributed by atoms with Gasteiger partial charge in [0.1, 0.15) is 0 Å². The first-order valence-corrected chi connectivity index (χ1v) is 5.22. The van der Waals surface area contributed by atoms with Gasteiger partial charge < -0.3 is 4.52 Å². The van der Waals surface area contributed by atoms with Crippen LogP contribution in [-0.2, 0) is 6.42 Å². The average Bonchev–Trinajstić information content (AvgIpc) is 2.69. The second kappa shape index (κ2) is 4.40. The van der Waals surface area contributed by atoms with E-state index in [1.54, 1.807) is 0 Å². The second-order valence-electron chi connectivity index (χ2n) is 3.13. The summed E-state index contributed by atoms with van der Waals surface area (Å²) in [7, 11) is 0. The van der Waals surface area contributed by atoms with Crippen LogP contribution in [0.15, 0.2) is 39.5 Å². The lowest BCUT2D eigenvalue weighted by Gasteiger charge is -1.98. The summed E-state index contributed by atoms with van der Waals surface area (Å²) < 4.78 is 6.02. The van der Waals surface area contributed by atoms with Gasteiger partial charge in [0, 0.05) is 10.9 Å². The number of rotatable bonds is 3. The first-order valence-electron chi connectivity index (χ1n) is 4.43. The van der Waals surface area contributed by atoms with E-state index in [0.29, 0.717) is 17.7 Å². The maximum atomic E-state index is 10.6. The molecule has 0 fully saturated rings. The van der Waals surface area contributed by atoms with Crippen LogP contribution in [-0.4, -0.2) is 11.4 Å². The minimum atomic E-state index is 0.512. The monoisotopic (exact) mass is 265 g/mol. The van der Waals surface area contributed by atoms with Crippen molar-refractivity contribution in [3.05, 3.63) is 51.8 Å². The summed E-state index contributed by atoms with van der Waals surface area (Å²) in [4.78, 5) is 10.6. The minimum absolute atomic E-state index is 0.512. The van der Waals surface area contributed by atoms with E-state index in [1.165, 1.54) is 6.20 Å². The van der Waals surface area contributed by atoms with E-state index in [-0.39, 0.29) is 0 Å². The SMILES string of the molecule is O=Cc1cnoc1Cc1ccc(Br)cc1. The lowest BCUT2D eigenvalue weighted by atomic mass is 10.1. The van der Waals surface area contributed by atoms with Gasteiger partial charge in [0.2, 0.25) is 0 Å². The van der Waals surface area contributed by atoms with Crippen LogP contribution in [0.3, 0.4) is 0 Å². The smallest absolute Gasteiger partial charge is 0.155 e. The molecule has 1 aromatic carbocycles. The fourth-order valence-electron chi connectivity index (χ4n) is 1.29. The number of carbonyl (C=O) groups is 1. The maximum Gasteiger partial charge on any atom is 0.155 e. The first-order chi connectivity index (χ1) is 7.29. The Balaban J connectivity index is 2.21. The number of nitrogens with zero attached hydrogens (tertiary/aromatic N) is 1. The molecule has 0 aliphatic heterocycles. The number of hydrogen-bond acceptors (Lipinski definition) is 3. The van der Waals surface area contributed by atoms with E-state index < -0.39 is 0 Å². The normalized spacial score (nSPS) is 10.2. The zero-order valence-corrected chi connectivity index (χ0v) is 9.40. The Labute approximate surface area is 95.2 Å². The molecule has 0 N–H and O–H groups in total. The summed E-state index contributed by atoms with van der Waals surface area (Å²) in [5.41, 5.74) is 1.59. The summed E-state index contributed by atoms with van der Waals surface area (Å²) in [5, 5.41) is 3.59. The largest absolute Gasteiger partial charge is 0.360 e. The molecule has 2 aromatic rings. The third kappa shape index (κ3) is 2.33. The molecule has 0 amide bonds. The molecule has 0 spiro atoms. The summed E-state index contributed by atoms with van der Waals surface area (Å²) in [6.45, 7) is 0. The first kappa shape index (κ1) is 10.1. The Morgan fingerprint density at radius 2 is 2.07 bits per heavy atom. The van der Waals surface area contributed by atoms with Crippen molar-refractivity contribution in [1.82, 2.24) is 5.16 Å². The number of hydrogen-bond donors (Lipinski definition) is 0. The molecule has 15 heavy (non-hydrogen) atoms. The predicted molar refractivity (Wildman–Crippen MR) is 58.8 cm³/mol. The fourth-order valence-corrected chi connectivity index (χ4v) is 1.55. The van der Waals surface area contributed by atoms with E-state index in [9.17, 15) is 4.79 Å². The lowest BCUT2D eigenvalue weighted by Crippen LogP contribution is -1.89. The molecule has 76 valence electrons. The summed E-state index contributed by atoms with van der Waals surface area (Å²) in [6, 6.07) is 7.85. The Morgan fingerprint density at radius 1 is 1.33 bits per heavy atom. The molecule has 0 radical (unpaired) electrons. The van der Waals surface area contributed by atoms with Gasteiger partial charge >= 0.3 is 0 Å². The van der Waals surface area contributed by atoms with Crippen molar-refractivity contribution in [2.24, 2.45) is 0 Å². The topological polar surface area (TPSA) is 43.1 Å². The van der Waals surface area contributed by atoms with E-state index in [4.69, 9.17) is 4.52 Å². The van der Waals surface area contributed by atoms with Crippen molar-refractivity contribution in [1.29, 1.82) is 0 Å². The second-order valence-corrected chi connectivity index (χ2v) is 4.04. The van der Waals surface area contributed by atoms with Crippen LogP contribution in [0, 0.1) is 0 Å². The third-order valence-electron chi connectivity index (χ3n) is 2.08. The molecule has 4 heteroatoms. The van der Waals surface area contributed by atoms with Gasteiger partial charge in [0.05, 0.1) is 11.8 Å². The van der Waals surface area contributed by atoms with E-state index in [1.807, 2.05) is 24.3 Å². The highest BCUT2D eigenvalue weighted by Crippen LogP contribution is 2.15. The lowest BCUT2D eigenvalue weighted by molar-refractivity contribution is 0.112. The van der Waals surface area contributed by atoms with Crippen molar-refractivity contribution in [2.75, 3.05) is 0 Å². The quantitative estimate of drug-likeness (QED) is 0.802. The van der Waals surface area contributed by atoms with Gasteiger partial charge in [0.25, 0.3) is 0 Å². The summed E-state index contributed by atoms with van der Waals surface area (Å²) >= 11 is 3.36. The molecule has 3 nitrogen and oxygen atoms in total. The molecule has 1 aromatic heterocycles. The zero-order valence-electron chi connectivity index (χ0n) is 7.81. The van der Waals surface area contributed by atoms with E-state index in [2.05, 4.69) is 21.1 Å². The highest BCUT2D eigenvalue weighted by molar-refractivity contribution is 9.10. The molecule has 1 heterocycles. The summed E-state index contributed by atoms with van der Waals surface area (Å²) in [5.74, 6) is 0.604. The Kier molecular flexibility index (Phi) is 2.97. The van der Waals surface area contributed by atoms with Crippen LogP contribution in [0.2, 0.25) is 0 Å². The van der Waals surface area contributed by atoms with E-state index >= 15 is 0 Å². The van der Waals surface area contributed by atoms with Crippen molar-refractivity contribution >= 4 is 22.2 Å². The Bertz CT molecular complexity index is 462. The molecule has 0 unspecified atom stereocenters. The van der Waals surface area contributed by atoms with Gasteiger partial charge in [-0.2, -0.15) is 0 Å². The van der Waals surface area contributed by atoms with E-state index in [0.717, 1.165) is 16.3 Å². The van der Waals surface area contributed by atoms with Crippen LogP contribution < -0.4 is 0 Å². The zero-order chi connectivity index (χ0) is 10.7. The van der Waals surface area contributed by atoms with Crippen LogP contribution in [0.4, 0.5) is 0 Å². The van der Waals surface area contributed by atoms with Crippen molar-refractivity contribution < 1.29 is 9.32 Å². The van der Waals surface area contributed by atoms with Gasteiger partial charge in [-0.3, -0.25) is 4.79 Å². The van der Waals surface area contributed by atoms with Gasteiger partial charge in [-0.15, -0.1) is 0 Å². The minimum Gasteiger partial charge on any atom is -0.360 e. The van der Waals surface area contributed by atoms with Crippen molar-refractivity contribution in [2.45, 2.75) is 6.42 Å². The maximum absolute atomic E-state index is 10.6. The molecule has 0 saturated heterocycles. The van der Waals surface area contributed by atoms with Crippen molar-refractivity contribution in [3.8, 4) is 0 Å². The molecular formula is C11H8BrNO2. The number of halogens is 1. The molecule has 0 aliphatic carbocycles. The number of aldehydes is 1. The molecule has 0 atom stereocenters. The van der Waals surface area contributed by atoms with Crippen LogP contribution in [0.1, 0.15) is 21.7 Å². The molecule has 0 aliphatic rings. The van der Waals surface area contributed by atoms with Crippen LogP contribution in [0.25, 0.3) is 0 Å². The third-order valence-corrected chi connectivity index (χ3v) is 2.61. The van der Waals surface area contributed by atoms with Crippen LogP contribution >= 0.6 is 15.9 Å². The van der Waals surface area contributed by atoms with Gasteiger partial charge in [-0.25, -0.2) is 0 Å². The van der Waals surface area contributed by atoms with Gasteiger partial charge in [0.15, 0.2) is 12.0 Å². The molecular weight excluding hydrogens is 258 g/mol. The summed E-state index contributed by atoms with van der Waals surface area (Å²) in [6.07, 6.45) is 2.77. The van der Waals surface area contributed by atoms with Crippen molar-refractivity contribution in [3.63, 3.8) is 0 Å². The number of aromatic nitrogens is 1. The highest BCUT2D eigenvalue weighted by atomic mass is 79.9. The Morgan fingerprint density at radius 3 is 2.73 bits per heavy atom. The van der Waals surface area contributed by atoms with Gasteiger partial charge in [-0.1, -0.05) is 33.2 Å². The molecule has 0 bridgehead atoms. The van der Waals surface area contributed by atoms with Gasteiger partial charge in [-0.05, 0) is 17.7 Å².